The van der Waals surface area contributed by atoms with Crippen molar-refractivity contribution >= 4 is 33.2 Å². The predicted octanol–water partition coefficient (Wildman–Crippen LogP) is 3.55. The SMILES string of the molecule is Cc1ccc(Cl)cc1N([C@H](C)C(=O)NCCCc1ccccc1)S(C)(=O)=O. The lowest BCUT2D eigenvalue weighted by atomic mass is 10.1. The second kappa shape index (κ2) is 9.24. The molecule has 0 aliphatic rings. The Hall–Kier alpha value is -2.05. The van der Waals surface area contributed by atoms with Gasteiger partial charge in [-0.2, -0.15) is 0 Å². The number of carbonyl (C=O) groups is 1. The van der Waals surface area contributed by atoms with Gasteiger partial charge in [0.2, 0.25) is 15.9 Å². The van der Waals surface area contributed by atoms with Gasteiger partial charge in [0.15, 0.2) is 0 Å². The van der Waals surface area contributed by atoms with Crippen LogP contribution in [0.15, 0.2) is 48.5 Å². The van der Waals surface area contributed by atoms with Gasteiger partial charge in [0.25, 0.3) is 0 Å². The van der Waals surface area contributed by atoms with Gasteiger partial charge >= 0.3 is 0 Å². The molecule has 7 heteroatoms. The van der Waals surface area contributed by atoms with Gasteiger partial charge in [-0.15, -0.1) is 0 Å². The lowest BCUT2D eigenvalue weighted by Crippen LogP contribution is -2.48. The van der Waals surface area contributed by atoms with Gasteiger partial charge in [-0.1, -0.05) is 48.0 Å². The first-order valence-electron chi connectivity index (χ1n) is 8.77. The Bertz CT molecular complexity index is 885. The van der Waals surface area contributed by atoms with Gasteiger partial charge in [-0.25, -0.2) is 8.42 Å². The molecule has 0 bridgehead atoms. The van der Waals surface area contributed by atoms with E-state index in [0.717, 1.165) is 29.0 Å². The highest BCUT2D eigenvalue weighted by Crippen LogP contribution is 2.28. The molecule has 0 heterocycles. The first-order valence-corrected chi connectivity index (χ1v) is 11.0. The number of rotatable bonds is 8. The van der Waals surface area contributed by atoms with Crippen LogP contribution in [0.3, 0.4) is 0 Å². The van der Waals surface area contributed by atoms with Crippen LogP contribution in [0.2, 0.25) is 5.02 Å². The molecule has 2 aromatic rings. The molecular formula is C20H25ClN2O3S. The normalized spacial score (nSPS) is 12.4. The summed E-state index contributed by atoms with van der Waals surface area (Å²) in [6.07, 6.45) is 2.71. The third kappa shape index (κ3) is 5.97. The van der Waals surface area contributed by atoms with Crippen molar-refractivity contribution in [3.05, 3.63) is 64.7 Å². The molecule has 0 aliphatic heterocycles. The molecule has 0 saturated carbocycles. The van der Waals surface area contributed by atoms with Crippen molar-refractivity contribution in [1.82, 2.24) is 5.32 Å². The molecule has 0 aliphatic carbocycles. The van der Waals surface area contributed by atoms with Crippen LogP contribution in [0.5, 0.6) is 0 Å². The number of halogens is 1. The summed E-state index contributed by atoms with van der Waals surface area (Å²) in [6.45, 7) is 3.84. The van der Waals surface area contributed by atoms with Crippen LogP contribution in [-0.4, -0.2) is 33.2 Å². The molecule has 0 saturated heterocycles. The average molecular weight is 409 g/mol. The van der Waals surface area contributed by atoms with E-state index in [1.165, 1.54) is 5.56 Å². The Kier molecular flexibility index (Phi) is 7.27. The van der Waals surface area contributed by atoms with Gasteiger partial charge < -0.3 is 5.32 Å². The second-order valence-corrected chi connectivity index (χ2v) is 8.84. The Morgan fingerprint density at radius 1 is 1.19 bits per heavy atom. The van der Waals surface area contributed by atoms with Crippen LogP contribution in [0.25, 0.3) is 0 Å². The Morgan fingerprint density at radius 2 is 1.85 bits per heavy atom. The monoisotopic (exact) mass is 408 g/mol. The van der Waals surface area contributed by atoms with Crippen LogP contribution < -0.4 is 9.62 Å². The fraction of sp³-hybridized carbons (Fsp3) is 0.350. The molecule has 146 valence electrons. The molecule has 0 aromatic heterocycles. The van der Waals surface area contributed by atoms with Crippen LogP contribution in [0.4, 0.5) is 5.69 Å². The molecule has 0 unspecified atom stereocenters. The molecule has 0 radical (unpaired) electrons. The first-order chi connectivity index (χ1) is 12.7. The van der Waals surface area contributed by atoms with E-state index in [4.69, 9.17) is 11.6 Å². The number of hydrogen-bond acceptors (Lipinski definition) is 3. The molecule has 27 heavy (non-hydrogen) atoms. The first kappa shape index (κ1) is 21.3. The maximum absolute atomic E-state index is 12.6. The Labute approximate surface area is 166 Å². The number of hydrogen-bond donors (Lipinski definition) is 1. The molecule has 2 rings (SSSR count). The molecule has 2 aromatic carbocycles. The minimum Gasteiger partial charge on any atom is -0.354 e. The zero-order valence-electron chi connectivity index (χ0n) is 15.8. The van der Waals surface area contributed by atoms with Crippen molar-refractivity contribution in [3.8, 4) is 0 Å². The van der Waals surface area contributed by atoms with Crippen LogP contribution in [0.1, 0.15) is 24.5 Å². The summed E-state index contributed by atoms with van der Waals surface area (Å²) in [4.78, 5) is 12.6. The molecule has 0 fully saturated rings. The summed E-state index contributed by atoms with van der Waals surface area (Å²) in [5.74, 6) is -0.340. The van der Waals surface area contributed by atoms with Gasteiger partial charge in [0.05, 0.1) is 11.9 Å². The molecule has 0 spiro atoms. The summed E-state index contributed by atoms with van der Waals surface area (Å²) in [5, 5.41) is 3.25. The van der Waals surface area contributed by atoms with E-state index in [-0.39, 0.29) is 5.91 Å². The number of benzene rings is 2. The number of amides is 1. The molecular weight excluding hydrogens is 384 g/mol. The summed E-state index contributed by atoms with van der Waals surface area (Å²) >= 11 is 6.03. The van der Waals surface area contributed by atoms with E-state index in [9.17, 15) is 13.2 Å². The van der Waals surface area contributed by atoms with E-state index in [1.807, 2.05) is 30.3 Å². The van der Waals surface area contributed by atoms with Crippen molar-refractivity contribution in [2.24, 2.45) is 0 Å². The number of aryl methyl sites for hydroxylation is 2. The fourth-order valence-electron chi connectivity index (χ4n) is 2.90. The minimum atomic E-state index is -3.66. The van der Waals surface area contributed by atoms with E-state index < -0.39 is 16.1 Å². The second-order valence-electron chi connectivity index (χ2n) is 6.55. The minimum absolute atomic E-state index is 0.340. The summed E-state index contributed by atoms with van der Waals surface area (Å²) < 4.78 is 25.8. The van der Waals surface area contributed by atoms with Crippen LogP contribution in [0, 0.1) is 6.92 Å². The van der Waals surface area contributed by atoms with E-state index in [1.54, 1.807) is 32.0 Å². The van der Waals surface area contributed by atoms with E-state index >= 15 is 0 Å². The molecule has 5 nitrogen and oxygen atoms in total. The van der Waals surface area contributed by atoms with Crippen molar-refractivity contribution in [2.75, 3.05) is 17.1 Å². The van der Waals surface area contributed by atoms with Crippen LogP contribution >= 0.6 is 11.6 Å². The maximum Gasteiger partial charge on any atom is 0.243 e. The number of nitrogens with one attached hydrogen (secondary N) is 1. The lowest BCUT2D eigenvalue weighted by Gasteiger charge is -2.29. The summed E-state index contributed by atoms with van der Waals surface area (Å²) in [5.41, 5.74) is 2.35. The molecule has 1 amide bonds. The average Bonchev–Trinajstić information content (AvgIpc) is 2.61. The van der Waals surface area contributed by atoms with Gasteiger partial charge in [-0.3, -0.25) is 9.10 Å². The Morgan fingerprint density at radius 3 is 2.48 bits per heavy atom. The van der Waals surface area contributed by atoms with Crippen LogP contribution in [-0.2, 0) is 21.2 Å². The molecule has 1 N–H and O–H groups in total. The van der Waals surface area contributed by atoms with Gasteiger partial charge in [0.1, 0.15) is 6.04 Å². The maximum atomic E-state index is 12.6. The van der Waals surface area contributed by atoms with Crippen molar-refractivity contribution in [3.63, 3.8) is 0 Å². The fourth-order valence-corrected chi connectivity index (χ4v) is 4.29. The van der Waals surface area contributed by atoms with Gasteiger partial charge in [0, 0.05) is 11.6 Å². The highest BCUT2D eigenvalue weighted by atomic mass is 35.5. The highest BCUT2D eigenvalue weighted by Gasteiger charge is 2.30. The third-order valence-corrected chi connectivity index (χ3v) is 5.74. The molecule has 1 atom stereocenters. The van der Waals surface area contributed by atoms with Gasteiger partial charge in [-0.05, 0) is 49.9 Å². The quantitative estimate of drug-likeness (QED) is 0.679. The van der Waals surface area contributed by atoms with Crippen molar-refractivity contribution < 1.29 is 13.2 Å². The van der Waals surface area contributed by atoms with E-state index in [2.05, 4.69) is 5.32 Å². The highest BCUT2D eigenvalue weighted by molar-refractivity contribution is 7.92. The van der Waals surface area contributed by atoms with Crippen molar-refractivity contribution in [1.29, 1.82) is 0 Å². The Balaban J connectivity index is 2.05. The smallest absolute Gasteiger partial charge is 0.243 e. The topological polar surface area (TPSA) is 66.5 Å². The predicted molar refractivity (Wildman–Crippen MR) is 111 cm³/mol. The summed E-state index contributed by atoms with van der Waals surface area (Å²) in [6, 6.07) is 14.1. The zero-order chi connectivity index (χ0) is 20.0. The van der Waals surface area contributed by atoms with E-state index in [0.29, 0.717) is 17.3 Å². The number of nitrogens with zero attached hydrogens (tertiary/aromatic N) is 1. The lowest BCUT2D eigenvalue weighted by molar-refractivity contribution is -0.121. The zero-order valence-corrected chi connectivity index (χ0v) is 17.3. The number of sulfonamides is 1. The third-order valence-electron chi connectivity index (χ3n) is 4.28. The summed E-state index contributed by atoms with van der Waals surface area (Å²) in [7, 11) is -3.66. The van der Waals surface area contributed by atoms with Crippen molar-refractivity contribution in [2.45, 2.75) is 32.7 Å². The number of anilines is 1. The number of carbonyl (C=O) groups excluding carboxylic acids is 1. The standard InChI is InChI=1S/C20H25ClN2O3S/c1-15-11-12-18(21)14-19(15)23(27(3,25)26)16(2)20(24)22-13-7-10-17-8-5-4-6-9-17/h4-6,8-9,11-12,14,16H,7,10,13H2,1-3H3,(H,22,24)/t16-/m1/s1. The largest absolute Gasteiger partial charge is 0.354 e.